The molecule has 0 radical (unpaired) electrons. The van der Waals surface area contributed by atoms with Crippen LogP contribution in [0.15, 0.2) is 0 Å². The molecule has 4 N–H and O–H groups in total. The van der Waals surface area contributed by atoms with Gasteiger partial charge in [0.25, 0.3) is 0 Å². The van der Waals surface area contributed by atoms with Crippen LogP contribution in [0.3, 0.4) is 0 Å². The van der Waals surface area contributed by atoms with Crippen LogP contribution in [0.1, 0.15) is 46.0 Å². The second-order valence-electron chi connectivity index (χ2n) is 4.97. The van der Waals surface area contributed by atoms with E-state index in [0.29, 0.717) is 6.04 Å². The standard InChI is InChI=1S/C10H22N2/c1-10(2,12)7-8-3-5-9(11)6-4-8/h8-9H,3-7,11-12H2,1-2H3/t8-,9+. The van der Waals surface area contributed by atoms with Crippen molar-refractivity contribution in [1.82, 2.24) is 0 Å². The molecule has 0 aliphatic heterocycles. The lowest BCUT2D eigenvalue weighted by molar-refractivity contribution is 0.264. The fraction of sp³-hybridized carbons (Fsp3) is 1.00. The van der Waals surface area contributed by atoms with Crippen LogP contribution in [0.25, 0.3) is 0 Å². The number of rotatable bonds is 2. The third-order valence-electron chi connectivity index (χ3n) is 2.71. The van der Waals surface area contributed by atoms with E-state index < -0.39 is 0 Å². The van der Waals surface area contributed by atoms with Crippen molar-refractivity contribution in [3.8, 4) is 0 Å². The first-order chi connectivity index (χ1) is 5.47. The average molecular weight is 170 g/mol. The summed E-state index contributed by atoms with van der Waals surface area (Å²) < 4.78 is 0. The Morgan fingerprint density at radius 1 is 1.17 bits per heavy atom. The van der Waals surface area contributed by atoms with Gasteiger partial charge in [0.1, 0.15) is 0 Å². The van der Waals surface area contributed by atoms with Crippen molar-refractivity contribution in [2.24, 2.45) is 17.4 Å². The van der Waals surface area contributed by atoms with Crippen LogP contribution in [0.2, 0.25) is 0 Å². The van der Waals surface area contributed by atoms with Gasteiger partial charge in [-0.3, -0.25) is 0 Å². The van der Waals surface area contributed by atoms with Crippen LogP contribution in [0.5, 0.6) is 0 Å². The molecule has 1 fully saturated rings. The molecule has 72 valence electrons. The minimum Gasteiger partial charge on any atom is -0.328 e. The Labute approximate surface area is 75.7 Å². The van der Waals surface area contributed by atoms with Crippen LogP contribution >= 0.6 is 0 Å². The van der Waals surface area contributed by atoms with Crippen LogP contribution < -0.4 is 11.5 Å². The summed E-state index contributed by atoms with van der Waals surface area (Å²) >= 11 is 0. The highest BCUT2D eigenvalue weighted by Gasteiger charge is 2.23. The van der Waals surface area contributed by atoms with Crippen LogP contribution in [0.4, 0.5) is 0 Å². The fourth-order valence-electron chi connectivity index (χ4n) is 2.14. The predicted molar refractivity (Wildman–Crippen MR) is 52.8 cm³/mol. The molecule has 2 nitrogen and oxygen atoms in total. The van der Waals surface area contributed by atoms with Gasteiger partial charge in [0.15, 0.2) is 0 Å². The number of nitrogens with two attached hydrogens (primary N) is 2. The smallest absolute Gasteiger partial charge is 0.00996 e. The zero-order valence-electron chi connectivity index (χ0n) is 8.34. The predicted octanol–water partition coefficient (Wildman–Crippen LogP) is 1.63. The normalized spacial score (nSPS) is 32.0. The maximum absolute atomic E-state index is 5.97. The summed E-state index contributed by atoms with van der Waals surface area (Å²) in [6, 6.07) is 0.460. The van der Waals surface area contributed by atoms with Gasteiger partial charge in [-0.05, 0) is 51.9 Å². The van der Waals surface area contributed by atoms with Crippen LogP contribution in [-0.2, 0) is 0 Å². The maximum atomic E-state index is 5.97. The molecule has 0 aromatic heterocycles. The zero-order valence-corrected chi connectivity index (χ0v) is 8.34. The SMILES string of the molecule is CC(C)(N)C[C@H]1CC[C@@H](N)CC1. The highest BCUT2D eigenvalue weighted by atomic mass is 14.7. The van der Waals surface area contributed by atoms with Crippen molar-refractivity contribution in [3.05, 3.63) is 0 Å². The summed E-state index contributed by atoms with van der Waals surface area (Å²) in [6.07, 6.45) is 6.10. The Kier molecular flexibility index (Phi) is 3.13. The minimum absolute atomic E-state index is 0.00605. The molecule has 1 saturated carbocycles. The monoisotopic (exact) mass is 170 g/mol. The van der Waals surface area contributed by atoms with Gasteiger partial charge in [-0.25, -0.2) is 0 Å². The average Bonchev–Trinajstić information content (AvgIpc) is 1.91. The van der Waals surface area contributed by atoms with E-state index in [0.717, 1.165) is 12.3 Å². The molecule has 0 aromatic rings. The van der Waals surface area contributed by atoms with Crippen molar-refractivity contribution in [1.29, 1.82) is 0 Å². The first-order valence-corrected chi connectivity index (χ1v) is 5.02. The molecule has 0 bridgehead atoms. The first-order valence-electron chi connectivity index (χ1n) is 5.02. The van der Waals surface area contributed by atoms with E-state index in [4.69, 9.17) is 11.5 Å². The molecule has 0 aromatic carbocycles. The Bertz CT molecular complexity index is 129. The van der Waals surface area contributed by atoms with E-state index in [2.05, 4.69) is 13.8 Å². The zero-order chi connectivity index (χ0) is 9.19. The molecule has 0 spiro atoms. The Morgan fingerprint density at radius 3 is 2.08 bits per heavy atom. The quantitative estimate of drug-likeness (QED) is 0.662. The van der Waals surface area contributed by atoms with Gasteiger partial charge in [-0.15, -0.1) is 0 Å². The highest BCUT2D eigenvalue weighted by molar-refractivity contribution is 4.81. The molecule has 0 amide bonds. The van der Waals surface area contributed by atoms with Crippen molar-refractivity contribution < 1.29 is 0 Å². The molecule has 1 aliphatic carbocycles. The van der Waals surface area contributed by atoms with Gasteiger partial charge in [0.05, 0.1) is 0 Å². The van der Waals surface area contributed by atoms with Gasteiger partial charge in [-0.1, -0.05) is 0 Å². The van der Waals surface area contributed by atoms with E-state index in [1.807, 2.05) is 0 Å². The third-order valence-corrected chi connectivity index (χ3v) is 2.71. The Balaban J connectivity index is 2.26. The lowest BCUT2D eigenvalue weighted by atomic mass is 9.80. The fourth-order valence-corrected chi connectivity index (χ4v) is 2.14. The summed E-state index contributed by atoms with van der Waals surface area (Å²) in [5.74, 6) is 0.824. The molecule has 0 atom stereocenters. The molecule has 12 heavy (non-hydrogen) atoms. The summed E-state index contributed by atoms with van der Waals surface area (Å²) in [7, 11) is 0. The van der Waals surface area contributed by atoms with E-state index >= 15 is 0 Å². The largest absolute Gasteiger partial charge is 0.328 e. The van der Waals surface area contributed by atoms with E-state index in [-0.39, 0.29) is 5.54 Å². The van der Waals surface area contributed by atoms with E-state index in [1.54, 1.807) is 0 Å². The second kappa shape index (κ2) is 3.75. The van der Waals surface area contributed by atoms with Gasteiger partial charge in [-0.2, -0.15) is 0 Å². The summed E-state index contributed by atoms with van der Waals surface area (Å²) in [4.78, 5) is 0. The topological polar surface area (TPSA) is 52.0 Å². The maximum Gasteiger partial charge on any atom is 0.00996 e. The Morgan fingerprint density at radius 2 is 1.67 bits per heavy atom. The summed E-state index contributed by atoms with van der Waals surface area (Å²) in [5.41, 5.74) is 11.8. The molecule has 0 heterocycles. The molecule has 1 rings (SSSR count). The molecule has 0 saturated heterocycles. The number of hydrogen-bond donors (Lipinski definition) is 2. The van der Waals surface area contributed by atoms with Gasteiger partial charge < -0.3 is 11.5 Å². The minimum atomic E-state index is 0.00605. The molecular weight excluding hydrogens is 148 g/mol. The van der Waals surface area contributed by atoms with Crippen molar-refractivity contribution in [2.75, 3.05) is 0 Å². The highest BCUT2D eigenvalue weighted by Crippen LogP contribution is 2.28. The van der Waals surface area contributed by atoms with Crippen molar-refractivity contribution in [3.63, 3.8) is 0 Å². The third kappa shape index (κ3) is 3.55. The second-order valence-corrected chi connectivity index (χ2v) is 4.97. The molecular formula is C10H22N2. The number of hydrogen-bond acceptors (Lipinski definition) is 2. The molecule has 2 heteroatoms. The molecule has 0 unspecified atom stereocenters. The first kappa shape index (κ1) is 10.0. The molecule has 1 aliphatic rings. The Hall–Kier alpha value is -0.0800. The summed E-state index contributed by atoms with van der Waals surface area (Å²) in [5, 5.41) is 0. The van der Waals surface area contributed by atoms with Gasteiger partial charge in [0.2, 0.25) is 0 Å². The van der Waals surface area contributed by atoms with Gasteiger partial charge >= 0.3 is 0 Å². The van der Waals surface area contributed by atoms with Crippen molar-refractivity contribution >= 4 is 0 Å². The summed E-state index contributed by atoms with van der Waals surface area (Å²) in [6.45, 7) is 4.23. The van der Waals surface area contributed by atoms with E-state index in [1.165, 1.54) is 25.7 Å². The van der Waals surface area contributed by atoms with Crippen LogP contribution in [0, 0.1) is 5.92 Å². The van der Waals surface area contributed by atoms with Crippen molar-refractivity contribution in [2.45, 2.75) is 57.5 Å². The lowest BCUT2D eigenvalue weighted by Gasteiger charge is -2.31. The lowest BCUT2D eigenvalue weighted by Crippen LogP contribution is -2.36. The van der Waals surface area contributed by atoms with E-state index in [9.17, 15) is 0 Å². The van der Waals surface area contributed by atoms with Crippen LogP contribution in [-0.4, -0.2) is 11.6 Å². The van der Waals surface area contributed by atoms with Gasteiger partial charge in [0, 0.05) is 11.6 Å².